The van der Waals surface area contributed by atoms with Gasteiger partial charge in [0, 0.05) is 19.6 Å². The number of hydrogen-bond acceptors (Lipinski definition) is 7. The topological polar surface area (TPSA) is 149 Å². The highest BCUT2D eigenvalue weighted by Crippen LogP contribution is 2.37. The zero-order valence-corrected chi connectivity index (χ0v) is 20.8. The third kappa shape index (κ3) is 4.99. The third-order valence-corrected chi connectivity index (χ3v) is 6.79. The molecule has 36 heavy (non-hydrogen) atoms. The molecule has 0 saturated carbocycles. The van der Waals surface area contributed by atoms with E-state index < -0.39 is 35.7 Å². The highest BCUT2D eigenvalue weighted by atomic mass is 16.6. The number of nitrogens with one attached hydrogen (secondary N) is 1. The van der Waals surface area contributed by atoms with E-state index in [1.807, 2.05) is 4.90 Å². The minimum absolute atomic E-state index is 0.102. The van der Waals surface area contributed by atoms with Crippen LogP contribution in [0.15, 0.2) is 24.3 Å². The molecule has 3 aliphatic rings. The maximum Gasteiger partial charge on any atom is 0.408 e. The predicted octanol–water partition coefficient (Wildman–Crippen LogP) is 0.983. The Morgan fingerprint density at radius 3 is 2.64 bits per heavy atom. The summed E-state index contributed by atoms with van der Waals surface area (Å²) in [4.78, 5) is 56.3. The largest absolute Gasteiger partial charge is 0.444 e. The van der Waals surface area contributed by atoms with E-state index in [0.717, 1.165) is 0 Å². The molecule has 3 fully saturated rings. The number of nitriles is 1. The highest BCUT2D eigenvalue weighted by molar-refractivity contribution is 6.07. The monoisotopic (exact) mass is 496 g/mol. The lowest BCUT2D eigenvalue weighted by molar-refractivity contribution is -0.135. The van der Waals surface area contributed by atoms with Crippen molar-refractivity contribution in [3.63, 3.8) is 0 Å². The number of para-hydroxylation sites is 1. The van der Waals surface area contributed by atoms with E-state index in [2.05, 4.69) is 11.4 Å². The molecule has 0 aliphatic carbocycles. The maximum absolute atomic E-state index is 13.4. The van der Waals surface area contributed by atoms with Gasteiger partial charge in [0.15, 0.2) is 0 Å². The van der Waals surface area contributed by atoms with E-state index in [1.165, 1.54) is 4.90 Å². The first-order valence-electron chi connectivity index (χ1n) is 12.2. The van der Waals surface area contributed by atoms with E-state index in [9.17, 15) is 24.4 Å². The number of rotatable bonds is 6. The second kappa shape index (κ2) is 9.78. The highest BCUT2D eigenvalue weighted by Gasteiger charge is 2.51. The molecule has 1 aromatic carbocycles. The number of ether oxygens (including phenoxy) is 1. The normalized spacial score (nSPS) is 24.5. The number of primary amides is 1. The number of piperazine rings is 1. The standard InChI is InChI=1S/C25H32N6O5/c1-25(2,3)36-24(35)28-18(22(33)30-10-6-7-15(30)12-26)14-29-13-16-11-20(29)23(34)31(16)19-9-5-4-8-17(19)21(27)32/h4-5,8-9,15-16,18,20H,6-7,10-11,13-14H2,1-3H3,(H2,27,32)(H,28,35)/t15-,16+,18-,20+/m0/s1. The average molecular weight is 497 g/mol. The van der Waals surface area contributed by atoms with Gasteiger partial charge in [0.05, 0.1) is 29.4 Å². The minimum Gasteiger partial charge on any atom is -0.444 e. The second-order valence-corrected chi connectivity index (χ2v) is 10.5. The SMILES string of the molecule is CC(C)(C)OC(=O)N[C@@H](CN1C[C@H]2C[C@@H]1C(=O)N2c1ccccc1C(N)=O)C(=O)N1CCC[C@H]1C#N. The van der Waals surface area contributed by atoms with Crippen molar-refractivity contribution in [2.24, 2.45) is 5.73 Å². The molecule has 3 aliphatic heterocycles. The molecule has 4 amide bonds. The van der Waals surface area contributed by atoms with Crippen LogP contribution in [0.1, 0.15) is 50.4 Å². The zero-order chi connectivity index (χ0) is 26.2. The fourth-order valence-electron chi connectivity index (χ4n) is 5.31. The lowest BCUT2D eigenvalue weighted by atomic mass is 10.1. The summed E-state index contributed by atoms with van der Waals surface area (Å²) in [7, 11) is 0. The number of fused-ring (bicyclic) bond motifs is 2. The summed E-state index contributed by atoms with van der Waals surface area (Å²) in [6.45, 7) is 6.19. The number of hydrogen-bond donors (Lipinski definition) is 2. The molecule has 2 bridgehead atoms. The van der Waals surface area contributed by atoms with Crippen LogP contribution in [0.5, 0.6) is 0 Å². The van der Waals surface area contributed by atoms with Gasteiger partial charge in [-0.05, 0) is 52.2 Å². The summed E-state index contributed by atoms with van der Waals surface area (Å²) in [6, 6.07) is 6.68. The molecule has 0 spiro atoms. The van der Waals surface area contributed by atoms with Gasteiger partial charge in [0.1, 0.15) is 17.7 Å². The average Bonchev–Trinajstić information content (AvgIpc) is 3.51. The van der Waals surface area contributed by atoms with Gasteiger partial charge in [-0.25, -0.2) is 4.79 Å². The number of benzene rings is 1. The van der Waals surface area contributed by atoms with Crippen molar-refractivity contribution in [1.82, 2.24) is 15.1 Å². The molecular formula is C25H32N6O5. The van der Waals surface area contributed by atoms with Gasteiger partial charge in [-0.15, -0.1) is 0 Å². The Balaban J connectivity index is 1.52. The molecule has 11 heteroatoms. The molecule has 0 aromatic heterocycles. The summed E-state index contributed by atoms with van der Waals surface area (Å²) in [6.07, 6.45) is 1.10. The molecule has 0 radical (unpaired) electrons. The molecule has 3 heterocycles. The smallest absolute Gasteiger partial charge is 0.408 e. The van der Waals surface area contributed by atoms with Crippen LogP contribution in [0.3, 0.4) is 0 Å². The van der Waals surface area contributed by atoms with Crippen LogP contribution in [0.25, 0.3) is 0 Å². The fourth-order valence-corrected chi connectivity index (χ4v) is 5.31. The van der Waals surface area contributed by atoms with Crippen LogP contribution in [-0.4, -0.2) is 83.0 Å². The molecule has 4 atom stereocenters. The molecular weight excluding hydrogens is 464 g/mol. The molecule has 11 nitrogen and oxygen atoms in total. The Bertz CT molecular complexity index is 1110. The van der Waals surface area contributed by atoms with Gasteiger partial charge in [-0.3, -0.25) is 19.3 Å². The van der Waals surface area contributed by atoms with Crippen molar-refractivity contribution < 1.29 is 23.9 Å². The van der Waals surface area contributed by atoms with Crippen LogP contribution in [0, 0.1) is 11.3 Å². The van der Waals surface area contributed by atoms with Crippen molar-refractivity contribution in [3.05, 3.63) is 29.8 Å². The van der Waals surface area contributed by atoms with Crippen LogP contribution in [0.2, 0.25) is 0 Å². The molecule has 4 rings (SSSR count). The third-order valence-electron chi connectivity index (χ3n) is 6.79. The molecule has 3 saturated heterocycles. The van der Waals surface area contributed by atoms with Gasteiger partial charge >= 0.3 is 6.09 Å². The van der Waals surface area contributed by atoms with Crippen molar-refractivity contribution >= 4 is 29.5 Å². The minimum atomic E-state index is -0.979. The molecule has 1 aromatic rings. The summed E-state index contributed by atoms with van der Waals surface area (Å²) < 4.78 is 5.37. The predicted molar refractivity (Wildman–Crippen MR) is 130 cm³/mol. The molecule has 192 valence electrons. The number of alkyl carbamates (subject to hydrolysis) is 1. The first kappa shape index (κ1) is 25.4. The summed E-state index contributed by atoms with van der Waals surface area (Å²) >= 11 is 0. The van der Waals surface area contributed by atoms with Crippen LogP contribution in [-0.2, 0) is 14.3 Å². The molecule has 0 unspecified atom stereocenters. The van der Waals surface area contributed by atoms with Crippen LogP contribution in [0.4, 0.5) is 10.5 Å². The van der Waals surface area contributed by atoms with E-state index >= 15 is 0 Å². The number of carbonyl (C=O) groups is 4. The Hall–Kier alpha value is -3.65. The van der Waals surface area contributed by atoms with E-state index in [0.29, 0.717) is 38.0 Å². The number of amides is 4. The van der Waals surface area contributed by atoms with Crippen LogP contribution >= 0.6 is 0 Å². The Morgan fingerprint density at radius 1 is 1.28 bits per heavy atom. The Labute approximate surface area is 210 Å². The van der Waals surface area contributed by atoms with Crippen molar-refractivity contribution in [1.29, 1.82) is 5.26 Å². The van der Waals surface area contributed by atoms with E-state index in [4.69, 9.17) is 10.5 Å². The van der Waals surface area contributed by atoms with Gasteiger partial charge < -0.3 is 25.6 Å². The summed E-state index contributed by atoms with van der Waals surface area (Å²) in [5, 5.41) is 12.1. The first-order valence-corrected chi connectivity index (χ1v) is 12.2. The van der Waals surface area contributed by atoms with Crippen molar-refractivity contribution in [2.75, 3.05) is 24.5 Å². The number of likely N-dealkylation sites (tertiary alicyclic amines) is 2. The Morgan fingerprint density at radius 2 is 2.00 bits per heavy atom. The first-order chi connectivity index (χ1) is 17.0. The number of nitrogens with two attached hydrogens (primary N) is 1. The molecule has 3 N–H and O–H groups in total. The number of anilines is 1. The van der Waals surface area contributed by atoms with E-state index in [-0.39, 0.29) is 30.0 Å². The second-order valence-electron chi connectivity index (χ2n) is 10.5. The maximum atomic E-state index is 13.4. The summed E-state index contributed by atoms with van der Waals surface area (Å²) in [5.74, 6) is -1.15. The van der Waals surface area contributed by atoms with Crippen molar-refractivity contribution in [3.8, 4) is 6.07 Å². The van der Waals surface area contributed by atoms with Crippen molar-refractivity contribution in [2.45, 2.75) is 69.8 Å². The van der Waals surface area contributed by atoms with Gasteiger partial charge in [-0.1, -0.05) is 12.1 Å². The zero-order valence-electron chi connectivity index (χ0n) is 20.8. The lowest BCUT2D eigenvalue weighted by Crippen LogP contribution is -2.59. The van der Waals surface area contributed by atoms with Gasteiger partial charge in [0.25, 0.3) is 5.91 Å². The fraction of sp³-hybridized carbons (Fsp3) is 0.560. The Kier molecular flexibility index (Phi) is 6.91. The lowest BCUT2D eigenvalue weighted by Gasteiger charge is -2.36. The van der Waals surface area contributed by atoms with Gasteiger partial charge in [0.2, 0.25) is 11.8 Å². The number of nitrogens with zero attached hydrogens (tertiary/aromatic N) is 4. The van der Waals surface area contributed by atoms with Crippen LogP contribution < -0.4 is 16.0 Å². The summed E-state index contributed by atoms with van der Waals surface area (Å²) in [5.41, 5.74) is 5.53. The van der Waals surface area contributed by atoms with E-state index in [1.54, 1.807) is 49.9 Å². The number of carbonyl (C=O) groups excluding carboxylic acids is 4. The quantitative estimate of drug-likeness (QED) is 0.596. The van der Waals surface area contributed by atoms with Gasteiger partial charge in [-0.2, -0.15) is 5.26 Å².